The van der Waals surface area contributed by atoms with Gasteiger partial charge in [-0.05, 0) is 55.8 Å². The second-order valence-corrected chi connectivity index (χ2v) is 10.0. The van der Waals surface area contributed by atoms with Crippen LogP contribution >= 0.6 is 0 Å². The number of hydrogen-bond acceptors (Lipinski definition) is 5. The molecule has 0 fully saturated rings. The van der Waals surface area contributed by atoms with Crippen molar-refractivity contribution in [3.05, 3.63) is 90.0 Å². The Hall–Kier alpha value is -3.85. The van der Waals surface area contributed by atoms with E-state index >= 15 is 0 Å². The molecule has 0 aromatic heterocycles. The van der Waals surface area contributed by atoms with Crippen LogP contribution in [0.4, 0.5) is 11.4 Å². The summed E-state index contributed by atoms with van der Waals surface area (Å²) in [6.07, 6.45) is 1.04. The van der Waals surface area contributed by atoms with E-state index in [1.807, 2.05) is 44.2 Å². The lowest BCUT2D eigenvalue weighted by Gasteiger charge is -2.23. The molecule has 0 radical (unpaired) electrons. The first-order chi connectivity index (χ1) is 17.2. The van der Waals surface area contributed by atoms with Crippen LogP contribution in [0.2, 0.25) is 0 Å². The van der Waals surface area contributed by atoms with Crippen molar-refractivity contribution in [2.45, 2.75) is 20.5 Å². The molecule has 0 atom stereocenters. The van der Waals surface area contributed by atoms with Crippen molar-refractivity contribution in [1.82, 2.24) is 4.90 Å². The molecule has 1 N–H and O–H groups in total. The number of rotatable bonds is 11. The van der Waals surface area contributed by atoms with Crippen molar-refractivity contribution in [2.24, 2.45) is 0 Å². The van der Waals surface area contributed by atoms with E-state index in [-0.39, 0.29) is 5.91 Å². The molecule has 0 saturated carbocycles. The predicted molar refractivity (Wildman–Crippen MR) is 142 cm³/mol. The van der Waals surface area contributed by atoms with Crippen LogP contribution in [0.1, 0.15) is 29.8 Å². The molecule has 0 aliphatic carbocycles. The van der Waals surface area contributed by atoms with Crippen molar-refractivity contribution in [3.63, 3.8) is 0 Å². The Bertz CT molecular complexity index is 1270. The second-order valence-electron chi connectivity index (χ2n) is 8.11. The maximum atomic E-state index is 12.9. The fourth-order valence-corrected chi connectivity index (χ4v) is 4.49. The molecule has 0 unspecified atom stereocenters. The third-order valence-corrected chi connectivity index (χ3v) is 6.68. The molecule has 3 rings (SSSR count). The molecule has 0 aliphatic rings. The molecule has 2 amide bonds. The molecule has 0 spiro atoms. The highest BCUT2D eigenvalue weighted by Gasteiger charge is 2.23. The standard InChI is InChI=1S/C27H31N3O5S/c1-4-29(5-2)27(32)24-13-9-10-14-25(24)28-26(31)19-30(36(3,33)34)22-15-17-23(18-16-22)35-20-21-11-7-6-8-12-21/h6-18H,4-5,19-20H2,1-3H3,(H,28,31). The van der Waals surface area contributed by atoms with Crippen LogP contribution in [0.25, 0.3) is 0 Å². The topological polar surface area (TPSA) is 96.0 Å². The number of carbonyl (C=O) groups excluding carboxylic acids is 2. The van der Waals surface area contributed by atoms with Crippen molar-refractivity contribution < 1.29 is 22.7 Å². The monoisotopic (exact) mass is 509 g/mol. The van der Waals surface area contributed by atoms with E-state index in [1.165, 1.54) is 0 Å². The number of sulfonamides is 1. The Kier molecular flexibility index (Phi) is 9.08. The van der Waals surface area contributed by atoms with Gasteiger partial charge in [0.15, 0.2) is 0 Å². The Labute approximate surface area is 212 Å². The Balaban J connectivity index is 1.73. The lowest BCUT2D eigenvalue weighted by molar-refractivity contribution is -0.114. The molecule has 0 heterocycles. The molecule has 190 valence electrons. The SMILES string of the molecule is CCN(CC)C(=O)c1ccccc1NC(=O)CN(c1ccc(OCc2ccccc2)cc1)S(C)(=O)=O. The van der Waals surface area contributed by atoms with Crippen LogP contribution in [0.5, 0.6) is 5.75 Å². The highest BCUT2D eigenvalue weighted by molar-refractivity contribution is 7.92. The zero-order valence-electron chi connectivity index (χ0n) is 20.7. The summed E-state index contributed by atoms with van der Waals surface area (Å²) in [6.45, 7) is 4.75. The molecule has 0 bridgehead atoms. The number of anilines is 2. The summed E-state index contributed by atoms with van der Waals surface area (Å²) < 4.78 is 31.8. The number of para-hydroxylation sites is 1. The number of ether oxygens (including phenoxy) is 1. The van der Waals surface area contributed by atoms with E-state index in [0.717, 1.165) is 16.1 Å². The Morgan fingerprint density at radius 3 is 2.08 bits per heavy atom. The van der Waals surface area contributed by atoms with Gasteiger partial charge in [-0.25, -0.2) is 8.42 Å². The largest absolute Gasteiger partial charge is 0.489 e. The molecule has 0 aliphatic heterocycles. The minimum Gasteiger partial charge on any atom is -0.489 e. The van der Waals surface area contributed by atoms with Gasteiger partial charge in [0.1, 0.15) is 18.9 Å². The van der Waals surface area contributed by atoms with Gasteiger partial charge in [0.05, 0.1) is 23.2 Å². The van der Waals surface area contributed by atoms with Gasteiger partial charge >= 0.3 is 0 Å². The minimum atomic E-state index is -3.76. The smallest absolute Gasteiger partial charge is 0.255 e. The third kappa shape index (κ3) is 7.08. The molecule has 0 saturated heterocycles. The normalized spacial score (nSPS) is 11.0. The highest BCUT2D eigenvalue weighted by Crippen LogP contribution is 2.23. The zero-order valence-corrected chi connectivity index (χ0v) is 21.5. The molecule has 9 heteroatoms. The van der Waals surface area contributed by atoms with E-state index in [0.29, 0.717) is 42.4 Å². The summed E-state index contributed by atoms with van der Waals surface area (Å²) in [6, 6.07) is 22.9. The van der Waals surface area contributed by atoms with E-state index in [2.05, 4.69) is 5.32 Å². The first-order valence-corrected chi connectivity index (χ1v) is 13.5. The number of hydrogen-bond donors (Lipinski definition) is 1. The summed E-state index contributed by atoms with van der Waals surface area (Å²) in [7, 11) is -3.76. The Morgan fingerprint density at radius 1 is 0.861 bits per heavy atom. The van der Waals surface area contributed by atoms with Gasteiger partial charge in [0.2, 0.25) is 15.9 Å². The summed E-state index contributed by atoms with van der Waals surface area (Å²) >= 11 is 0. The van der Waals surface area contributed by atoms with Gasteiger partial charge in [-0.1, -0.05) is 42.5 Å². The molecule has 3 aromatic carbocycles. The average molecular weight is 510 g/mol. The summed E-state index contributed by atoms with van der Waals surface area (Å²) in [4.78, 5) is 27.4. The number of nitrogens with one attached hydrogen (secondary N) is 1. The highest BCUT2D eigenvalue weighted by atomic mass is 32.2. The number of benzene rings is 3. The van der Waals surface area contributed by atoms with Gasteiger partial charge in [0, 0.05) is 13.1 Å². The quantitative estimate of drug-likeness (QED) is 0.419. The lowest BCUT2D eigenvalue weighted by atomic mass is 10.1. The summed E-state index contributed by atoms with van der Waals surface area (Å²) in [5.41, 5.74) is 2.01. The van der Waals surface area contributed by atoms with Crippen LogP contribution in [0.3, 0.4) is 0 Å². The van der Waals surface area contributed by atoms with E-state index in [4.69, 9.17) is 4.74 Å². The number of amides is 2. The third-order valence-electron chi connectivity index (χ3n) is 5.54. The van der Waals surface area contributed by atoms with Crippen molar-refractivity contribution >= 4 is 33.2 Å². The Morgan fingerprint density at radius 2 is 1.47 bits per heavy atom. The molecular formula is C27H31N3O5S. The number of nitrogens with zero attached hydrogens (tertiary/aromatic N) is 2. The fourth-order valence-electron chi connectivity index (χ4n) is 3.63. The van der Waals surface area contributed by atoms with Gasteiger partial charge in [-0.2, -0.15) is 0 Å². The second kappa shape index (κ2) is 12.2. The first-order valence-electron chi connectivity index (χ1n) is 11.7. The predicted octanol–water partition coefficient (Wildman–Crippen LogP) is 4.15. The van der Waals surface area contributed by atoms with E-state index in [1.54, 1.807) is 53.4 Å². The van der Waals surface area contributed by atoms with Gasteiger partial charge in [-0.15, -0.1) is 0 Å². The van der Waals surface area contributed by atoms with E-state index < -0.39 is 22.5 Å². The summed E-state index contributed by atoms with van der Waals surface area (Å²) in [5.74, 6) is -0.198. The van der Waals surface area contributed by atoms with E-state index in [9.17, 15) is 18.0 Å². The first kappa shape index (κ1) is 26.7. The average Bonchev–Trinajstić information content (AvgIpc) is 2.87. The van der Waals surface area contributed by atoms with Gasteiger partial charge in [-0.3, -0.25) is 13.9 Å². The maximum absolute atomic E-state index is 12.9. The minimum absolute atomic E-state index is 0.207. The molecule has 3 aromatic rings. The van der Waals surface area contributed by atoms with Crippen molar-refractivity contribution in [3.8, 4) is 5.75 Å². The van der Waals surface area contributed by atoms with Crippen molar-refractivity contribution in [1.29, 1.82) is 0 Å². The fraction of sp³-hybridized carbons (Fsp3) is 0.259. The van der Waals surface area contributed by atoms with Crippen LogP contribution in [-0.4, -0.2) is 51.0 Å². The zero-order chi connectivity index (χ0) is 26.1. The van der Waals surface area contributed by atoms with Crippen molar-refractivity contribution in [2.75, 3.05) is 35.5 Å². The molecule has 36 heavy (non-hydrogen) atoms. The van der Waals surface area contributed by atoms with Gasteiger partial charge in [0.25, 0.3) is 5.91 Å². The maximum Gasteiger partial charge on any atom is 0.255 e. The van der Waals surface area contributed by atoms with Crippen LogP contribution in [0, 0.1) is 0 Å². The molecular weight excluding hydrogens is 478 g/mol. The van der Waals surface area contributed by atoms with Crippen LogP contribution in [0.15, 0.2) is 78.9 Å². The lowest BCUT2D eigenvalue weighted by Crippen LogP contribution is -2.38. The summed E-state index contributed by atoms with van der Waals surface area (Å²) in [5, 5.41) is 2.70. The van der Waals surface area contributed by atoms with Crippen LogP contribution < -0.4 is 14.4 Å². The number of carbonyl (C=O) groups is 2. The molecule has 8 nitrogen and oxygen atoms in total. The van der Waals surface area contributed by atoms with Gasteiger partial charge < -0.3 is 15.0 Å². The van der Waals surface area contributed by atoms with Crippen LogP contribution in [-0.2, 0) is 21.4 Å².